The van der Waals surface area contributed by atoms with Crippen LogP contribution in [0.15, 0.2) is 30.9 Å². The van der Waals surface area contributed by atoms with Crippen LogP contribution in [0.25, 0.3) is 0 Å². The monoisotopic (exact) mass is 321 g/mol. The van der Waals surface area contributed by atoms with Crippen LogP contribution in [0.5, 0.6) is 0 Å². The zero-order chi connectivity index (χ0) is 16.2. The van der Waals surface area contributed by atoms with Gasteiger partial charge in [-0.25, -0.2) is 13.8 Å². The molecule has 1 amide bonds. The number of hydrogen-bond acceptors (Lipinski definition) is 4. The quantitative estimate of drug-likeness (QED) is 0.903. The van der Waals surface area contributed by atoms with Gasteiger partial charge in [-0.2, -0.15) is 5.10 Å². The first-order chi connectivity index (χ1) is 11.1. The second-order valence-corrected chi connectivity index (χ2v) is 5.50. The summed E-state index contributed by atoms with van der Waals surface area (Å²) in [6, 6.07) is 3.50. The van der Waals surface area contributed by atoms with E-state index in [4.69, 9.17) is 0 Å². The van der Waals surface area contributed by atoms with Gasteiger partial charge in [-0.15, -0.1) is 0 Å². The summed E-state index contributed by atoms with van der Waals surface area (Å²) in [5.74, 6) is -1.25. The van der Waals surface area contributed by atoms with Crippen molar-refractivity contribution in [3.05, 3.63) is 42.5 Å². The number of aryl methyl sites for hydroxylation is 1. The first-order valence-corrected chi connectivity index (χ1v) is 7.43. The summed E-state index contributed by atoms with van der Waals surface area (Å²) < 4.78 is 28.3. The molecule has 2 heterocycles. The van der Waals surface area contributed by atoms with Crippen LogP contribution in [-0.4, -0.2) is 39.8 Å². The third-order valence-corrected chi connectivity index (χ3v) is 3.84. The van der Waals surface area contributed by atoms with Crippen molar-refractivity contribution in [3.8, 4) is 0 Å². The molecule has 1 aliphatic rings. The molecular formula is C15H17F2N5O. The van der Waals surface area contributed by atoms with Gasteiger partial charge < -0.3 is 10.2 Å². The number of carbonyl (C=O) groups is 1. The smallest absolute Gasteiger partial charge is 0.222 e. The second-order valence-electron chi connectivity index (χ2n) is 5.50. The number of aromatic nitrogens is 3. The highest BCUT2D eigenvalue weighted by Crippen LogP contribution is 2.24. The fourth-order valence-corrected chi connectivity index (χ4v) is 2.70. The SMILES string of the molecule is O=C(CCn1cncn1)N[C@H]1CCN(c2ccc(F)cc2F)C1. The van der Waals surface area contributed by atoms with Crippen LogP contribution in [0.4, 0.5) is 14.5 Å². The van der Waals surface area contributed by atoms with Gasteiger partial charge in [-0.3, -0.25) is 9.48 Å². The lowest BCUT2D eigenvalue weighted by Crippen LogP contribution is -2.37. The van der Waals surface area contributed by atoms with Crippen molar-refractivity contribution in [2.24, 2.45) is 0 Å². The zero-order valence-corrected chi connectivity index (χ0v) is 12.5. The summed E-state index contributed by atoms with van der Waals surface area (Å²) in [4.78, 5) is 17.6. The van der Waals surface area contributed by atoms with Crippen molar-refractivity contribution < 1.29 is 13.6 Å². The minimum absolute atomic E-state index is 0.0392. The number of anilines is 1. The fraction of sp³-hybridized carbons (Fsp3) is 0.400. The highest BCUT2D eigenvalue weighted by atomic mass is 19.1. The van der Waals surface area contributed by atoms with E-state index in [1.807, 2.05) is 4.90 Å². The van der Waals surface area contributed by atoms with E-state index in [1.165, 1.54) is 18.5 Å². The van der Waals surface area contributed by atoms with Crippen molar-refractivity contribution >= 4 is 11.6 Å². The molecule has 0 spiro atoms. The summed E-state index contributed by atoms with van der Waals surface area (Å²) in [5.41, 5.74) is 0.366. The molecule has 1 fully saturated rings. The van der Waals surface area contributed by atoms with Gasteiger partial charge in [-0.05, 0) is 18.6 Å². The highest BCUT2D eigenvalue weighted by Gasteiger charge is 2.25. The Morgan fingerprint density at radius 2 is 2.26 bits per heavy atom. The Labute approximate surface area is 132 Å². The number of amides is 1. The number of nitrogens with zero attached hydrogens (tertiary/aromatic N) is 4. The lowest BCUT2D eigenvalue weighted by Gasteiger charge is -2.19. The maximum absolute atomic E-state index is 13.8. The predicted octanol–water partition coefficient (Wildman–Crippen LogP) is 1.34. The van der Waals surface area contributed by atoms with Crippen molar-refractivity contribution in [1.29, 1.82) is 0 Å². The Kier molecular flexibility index (Phi) is 4.50. The molecule has 3 rings (SSSR count). The Morgan fingerprint density at radius 3 is 3.00 bits per heavy atom. The molecule has 1 aliphatic heterocycles. The molecule has 0 unspecified atom stereocenters. The highest BCUT2D eigenvalue weighted by molar-refractivity contribution is 5.76. The summed E-state index contributed by atoms with van der Waals surface area (Å²) >= 11 is 0. The lowest BCUT2D eigenvalue weighted by molar-refractivity contribution is -0.121. The molecule has 23 heavy (non-hydrogen) atoms. The second kappa shape index (κ2) is 6.72. The average Bonchev–Trinajstić information content (AvgIpc) is 3.17. The Balaban J connectivity index is 1.50. The number of benzene rings is 1. The maximum Gasteiger partial charge on any atom is 0.222 e. The van der Waals surface area contributed by atoms with E-state index >= 15 is 0 Å². The Bertz CT molecular complexity index is 677. The third kappa shape index (κ3) is 3.82. The minimum Gasteiger partial charge on any atom is -0.367 e. The summed E-state index contributed by atoms with van der Waals surface area (Å²) in [6.07, 6.45) is 4.02. The van der Waals surface area contributed by atoms with Gasteiger partial charge in [0.1, 0.15) is 24.3 Å². The Hall–Kier alpha value is -2.51. The normalized spacial score (nSPS) is 17.5. The molecule has 2 aromatic rings. The molecule has 6 nitrogen and oxygen atoms in total. The van der Waals surface area contributed by atoms with E-state index < -0.39 is 11.6 Å². The average molecular weight is 321 g/mol. The first-order valence-electron chi connectivity index (χ1n) is 7.43. The van der Waals surface area contributed by atoms with E-state index in [9.17, 15) is 13.6 Å². The van der Waals surface area contributed by atoms with Crippen molar-refractivity contribution in [2.75, 3.05) is 18.0 Å². The number of rotatable bonds is 5. The number of halogens is 2. The largest absolute Gasteiger partial charge is 0.367 e. The molecule has 1 saturated heterocycles. The predicted molar refractivity (Wildman–Crippen MR) is 79.8 cm³/mol. The van der Waals surface area contributed by atoms with Crippen LogP contribution in [0.1, 0.15) is 12.8 Å². The molecule has 1 N–H and O–H groups in total. The van der Waals surface area contributed by atoms with Crippen LogP contribution in [0.2, 0.25) is 0 Å². The van der Waals surface area contributed by atoms with Gasteiger partial charge in [-0.1, -0.05) is 0 Å². The molecule has 1 aromatic carbocycles. The fourth-order valence-electron chi connectivity index (χ4n) is 2.70. The molecular weight excluding hydrogens is 304 g/mol. The van der Waals surface area contributed by atoms with Gasteiger partial charge in [0, 0.05) is 31.6 Å². The van der Waals surface area contributed by atoms with Crippen molar-refractivity contribution in [3.63, 3.8) is 0 Å². The van der Waals surface area contributed by atoms with E-state index in [2.05, 4.69) is 15.4 Å². The van der Waals surface area contributed by atoms with Crippen LogP contribution in [0.3, 0.4) is 0 Å². The first kappa shape index (κ1) is 15.4. The maximum atomic E-state index is 13.8. The molecule has 0 bridgehead atoms. The molecule has 8 heteroatoms. The van der Waals surface area contributed by atoms with Gasteiger partial charge in [0.25, 0.3) is 0 Å². The molecule has 0 saturated carbocycles. The van der Waals surface area contributed by atoms with Crippen LogP contribution in [0, 0.1) is 11.6 Å². The third-order valence-electron chi connectivity index (χ3n) is 3.84. The minimum atomic E-state index is -0.594. The zero-order valence-electron chi connectivity index (χ0n) is 12.5. The number of hydrogen-bond donors (Lipinski definition) is 1. The molecule has 1 aromatic heterocycles. The van der Waals surface area contributed by atoms with E-state index in [-0.39, 0.29) is 11.9 Å². The van der Waals surface area contributed by atoms with Gasteiger partial charge in [0.05, 0.1) is 12.2 Å². The molecule has 0 radical (unpaired) electrons. The van der Waals surface area contributed by atoms with Crippen LogP contribution in [-0.2, 0) is 11.3 Å². The molecule has 1 atom stereocenters. The number of carbonyl (C=O) groups excluding carboxylic acids is 1. The molecule has 122 valence electrons. The van der Waals surface area contributed by atoms with Crippen LogP contribution < -0.4 is 10.2 Å². The standard InChI is InChI=1S/C15H17F2N5O/c16-11-1-2-14(13(17)7-11)21-5-3-12(8-21)20-15(23)4-6-22-10-18-9-19-22/h1-2,7,9-10,12H,3-6,8H2,(H,20,23)/t12-/m0/s1. The molecule has 0 aliphatic carbocycles. The van der Waals surface area contributed by atoms with Crippen molar-refractivity contribution in [1.82, 2.24) is 20.1 Å². The van der Waals surface area contributed by atoms with Gasteiger partial charge in [0.2, 0.25) is 5.91 Å². The van der Waals surface area contributed by atoms with Gasteiger partial charge in [0.15, 0.2) is 0 Å². The number of nitrogens with one attached hydrogen (secondary N) is 1. The van der Waals surface area contributed by atoms with E-state index in [0.29, 0.717) is 31.7 Å². The summed E-state index contributed by atoms with van der Waals surface area (Å²) in [5, 5.41) is 6.87. The summed E-state index contributed by atoms with van der Waals surface area (Å²) in [6.45, 7) is 1.60. The van der Waals surface area contributed by atoms with Gasteiger partial charge >= 0.3 is 0 Å². The van der Waals surface area contributed by atoms with E-state index in [1.54, 1.807) is 11.0 Å². The van der Waals surface area contributed by atoms with Crippen LogP contribution >= 0.6 is 0 Å². The van der Waals surface area contributed by atoms with Crippen molar-refractivity contribution in [2.45, 2.75) is 25.4 Å². The lowest BCUT2D eigenvalue weighted by atomic mass is 10.2. The summed E-state index contributed by atoms with van der Waals surface area (Å²) in [7, 11) is 0. The van der Waals surface area contributed by atoms with E-state index in [0.717, 1.165) is 12.5 Å². The Morgan fingerprint density at radius 1 is 1.39 bits per heavy atom. The topological polar surface area (TPSA) is 63.1 Å².